The number of halogens is 1. The lowest BCUT2D eigenvalue weighted by atomic mass is 10.1. The maximum atomic E-state index is 11.4. The van der Waals surface area contributed by atoms with Gasteiger partial charge in [-0.3, -0.25) is 4.90 Å². The van der Waals surface area contributed by atoms with Gasteiger partial charge >= 0.3 is 12.1 Å². The highest BCUT2D eigenvalue weighted by Gasteiger charge is 2.37. The van der Waals surface area contributed by atoms with E-state index in [2.05, 4.69) is 0 Å². The molecule has 0 aromatic heterocycles. The molecule has 0 spiro atoms. The molecular weight excluding hydrogens is 258 g/mol. The summed E-state index contributed by atoms with van der Waals surface area (Å²) in [5, 5.41) is 9.54. The molecule has 1 heterocycles. The zero-order valence-corrected chi connectivity index (χ0v) is 10.3. The number of ether oxygens (including phenoxy) is 1. The predicted molar refractivity (Wildman–Crippen MR) is 64.4 cm³/mol. The average Bonchev–Trinajstić information content (AvgIpc) is 2.68. The van der Waals surface area contributed by atoms with Gasteiger partial charge < -0.3 is 9.84 Å². The van der Waals surface area contributed by atoms with Crippen LogP contribution in [0.4, 0.5) is 4.79 Å². The highest BCUT2D eigenvalue weighted by atomic mass is 35.5. The van der Waals surface area contributed by atoms with Gasteiger partial charge in [-0.15, -0.1) is 0 Å². The number of amides is 1. The summed E-state index contributed by atoms with van der Waals surface area (Å²) in [6, 6.07) is 6.55. The van der Waals surface area contributed by atoms with Gasteiger partial charge in [-0.05, 0) is 30.5 Å². The SMILES string of the molecule is O=C1OCN(C(=O)O)C1CCc1cccc(Cl)c1. The summed E-state index contributed by atoms with van der Waals surface area (Å²) in [6.07, 6.45) is -0.174. The molecule has 0 radical (unpaired) electrons. The Morgan fingerprint density at radius 1 is 1.56 bits per heavy atom. The van der Waals surface area contributed by atoms with E-state index in [1.807, 2.05) is 12.1 Å². The Hall–Kier alpha value is -1.75. The van der Waals surface area contributed by atoms with Crippen molar-refractivity contribution in [2.45, 2.75) is 18.9 Å². The van der Waals surface area contributed by atoms with Crippen molar-refractivity contribution in [2.75, 3.05) is 6.73 Å². The maximum Gasteiger partial charge on any atom is 0.410 e. The summed E-state index contributed by atoms with van der Waals surface area (Å²) in [5.41, 5.74) is 0.965. The zero-order valence-electron chi connectivity index (χ0n) is 9.51. The second-order valence-corrected chi connectivity index (χ2v) is 4.47. The Bertz CT molecular complexity index is 477. The third kappa shape index (κ3) is 2.73. The summed E-state index contributed by atoms with van der Waals surface area (Å²) in [6.45, 7) is -0.186. The first-order chi connectivity index (χ1) is 8.58. The molecule has 1 unspecified atom stereocenters. The number of hydrogen-bond acceptors (Lipinski definition) is 3. The highest BCUT2D eigenvalue weighted by Crippen LogP contribution is 2.19. The summed E-state index contributed by atoms with van der Waals surface area (Å²) < 4.78 is 4.73. The minimum absolute atomic E-state index is 0.186. The Balaban J connectivity index is 2.00. The molecule has 1 N–H and O–H groups in total. The number of benzene rings is 1. The van der Waals surface area contributed by atoms with E-state index in [0.29, 0.717) is 17.9 Å². The van der Waals surface area contributed by atoms with E-state index in [0.717, 1.165) is 10.5 Å². The number of cyclic esters (lactones) is 1. The van der Waals surface area contributed by atoms with Crippen molar-refractivity contribution in [3.05, 3.63) is 34.9 Å². The quantitative estimate of drug-likeness (QED) is 0.854. The molecule has 1 aromatic rings. The van der Waals surface area contributed by atoms with E-state index in [1.165, 1.54) is 0 Å². The Morgan fingerprint density at radius 2 is 2.33 bits per heavy atom. The molecule has 96 valence electrons. The van der Waals surface area contributed by atoms with Crippen LogP contribution in [-0.4, -0.2) is 34.8 Å². The second-order valence-electron chi connectivity index (χ2n) is 4.03. The Morgan fingerprint density at radius 3 is 3.00 bits per heavy atom. The fourth-order valence-corrected chi connectivity index (χ4v) is 2.12. The van der Waals surface area contributed by atoms with Crippen molar-refractivity contribution in [3.63, 3.8) is 0 Å². The van der Waals surface area contributed by atoms with Crippen LogP contribution in [0.2, 0.25) is 5.02 Å². The van der Waals surface area contributed by atoms with E-state index in [4.69, 9.17) is 21.4 Å². The number of aryl methyl sites for hydroxylation is 1. The number of nitrogens with zero attached hydrogens (tertiary/aromatic N) is 1. The van der Waals surface area contributed by atoms with Crippen molar-refractivity contribution in [3.8, 4) is 0 Å². The monoisotopic (exact) mass is 269 g/mol. The van der Waals surface area contributed by atoms with Crippen LogP contribution < -0.4 is 0 Å². The standard InChI is InChI=1S/C12H12ClNO4/c13-9-3-1-2-8(6-9)4-5-10-11(15)18-7-14(10)12(16)17/h1-3,6,10H,4-5,7H2,(H,16,17). The van der Waals surface area contributed by atoms with Gasteiger partial charge in [0.25, 0.3) is 0 Å². The molecule has 1 amide bonds. The van der Waals surface area contributed by atoms with Crippen molar-refractivity contribution >= 4 is 23.7 Å². The maximum absolute atomic E-state index is 11.4. The van der Waals surface area contributed by atoms with Gasteiger partial charge in [-0.1, -0.05) is 23.7 Å². The molecule has 1 saturated heterocycles. The molecule has 1 aromatic carbocycles. The van der Waals surface area contributed by atoms with Crippen molar-refractivity contribution in [1.29, 1.82) is 0 Å². The third-order valence-corrected chi connectivity index (χ3v) is 3.07. The van der Waals surface area contributed by atoms with Gasteiger partial charge in [-0.2, -0.15) is 0 Å². The van der Waals surface area contributed by atoms with Gasteiger partial charge in [0.1, 0.15) is 6.04 Å². The molecular formula is C12H12ClNO4. The molecule has 5 nitrogen and oxygen atoms in total. The molecule has 2 rings (SSSR count). The fraction of sp³-hybridized carbons (Fsp3) is 0.333. The molecule has 1 fully saturated rings. The van der Waals surface area contributed by atoms with Crippen LogP contribution in [0.5, 0.6) is 0 Å². The van der Waals surface area contributed by atoms with Crippen molar-refractivity contribution in [2.24, 2.45) is 0 Å². The molecule has 18 heavy (non-hydrogen) atoms. The summed E-state index contributed by atoms with van der Waals surface area (Å²) in [4.78, 5) is 23.3. The van der Waals surface area contributed by atoms with E-state index in [1.54, 1.807) is 12.1 Å². The number of carbonyl (C=O) groups is 2. The number of carboxylic acid groups (broad SMARTS) is 1. The molecule has 1 atom stereocenters. The first-order valence-electron chi connectivity index (χ1n) is 5.48. The lowest BCUT2D eigenvalue weighted by molar-refractivity contribution is -0.139. The highest BCUT2D eigenvalue weighted by molar-refractivity contribution is 6.30. The minimum atomic E-state index is -1.14. The summed E-state index contributed by atoms with van der Waals surface area (Å²) in [7, 11) is 0. The van der Waals surface area contributed by atoms with Crippen LogP contribution in [-0.2, 0) is 16.0 Å². The lowest BCUT2D eigenvalue weighted by Gasteiger charge is -2.16. The Labute approximate surface area is 109 Å². The lowest BCUT2D eigenvalue weighted by Crippen LogP contribution is -2.37. The van der Waals surface area contributed by atoms with Gasteiger partial charge in [0, 0.05) is 5.02 Å². The zero-order chi connectivity index (χ0) is 13.1. The molecule has 1 aliphatic heterocycles. The number of carbonyl (C=O) groups excluding carboxylic acids is 1. The van der Waals surface area contributed by atoms with E-state index in [-0.39, 0.29) is 6.73 Å². The van der Waals surface area contributed by atoms with Crippen LogP contribution in [0.15, 0.2) is 24.3 Å². The molecule has 0 saturated carbocycles. The molecule has 0 bridgehead atoms. The van der Waals surface area contributed by atoms with E-state index in [9.17, 15) is 9.59 Å². The van der Waals surface area contributed by atoms with Crippen LogP contribution in [0.3, 0.4) is 0 Å². The minimum Gasteiger partial charge on any atom is -0.465 e. The van der Waals surface area contributed by atoms with Crippen LogP contribution in [0.25, 0.3) is 0 Å². The largest absolute Gasteiger partial charge is 0.465 e. The average molecular weight is 270 g/mol. The van der Waals surface area contributed by atoms with Crippen molar-refractivity contribution in [1.82, 2.24) is 4.90 Å². The smallest absolute Gasteiger partial charge is 0.410 e. The number of esters is 1. The number of hydrogen-bond donors (Lipinski definition) is 1. The van der Waals surface area contributed by atoms with Crippen LogP contribution in [0, 0.1) is 0 Å². The second kappa shape index (κ2) is 5.27. The van der Waals surface area contributed by atoms with E-state index < -0.39 is 18.1 Å². The predicted octanol–water partition coefficient (Wildman–Crippen LogP) is 2.14. The molecule has 0 aliphatic carbocycles. The Kier molecular flexibility index (Phi) is 3.72. The normalized spacial score (nSPS) is 18.8. The fourth-order valence-electron chi connectivity index (χ4n) is 1.90. The van der Waals surface area contributed by atoms with Crippen LogP contribution in [0.1, 0.15) is 12.0 Å². The summed E-state index contributed by atoms with van der Waals surface area (Å²) in [5.74, 6) is -0.487. The topological polar surface area (TPSA) is 66.8 Å². The molecule has 6 heteroatoms. The number of rotatable bonds is 3. The molecule has 1 aliphatic rings. The summed E-state index contributed by atoms with van der Waals surface area (Å²) >= 11 is 5.85. The first-order valence-corrected chi connectivity index (χ1v) is 5.86. The van der Waals surface area contributed by atoms with Gasteiger partial charge in [0.05, 0.1) is 0 Å². The van der Waals surface area contributed by atoms with Gasteiger partial charge in [-0.25, -0.2) is 9.59 Å². The van der Waals surface area contributed by atoms with Gasteiger partial charge in [0.15, 0.2) is 6.73 Å². The van der Waals surface area contributed by atoms with E-state index >= 15 is 0 Å². The van der Waals surface area contributed by atoms with Crippen molar-refractivity contribution < 1.29 is 19.4 Å². The third-order valence-electron chi connectivity index (χ3n) is 2.84. The first kappa shape index (κ1) is 12.7. The van der Waals surface area contributed by atoms with Gasteiger partial charge in [0.2, 0.25) is 0 Å². The van der Waals surface area contributed by atoms with Crippen LogP contribution >= 0.6 is 11.6 Å².